The number of anilines is 2. The second-order valence-electron chi connectivity index (χ2n) is 8.81. The summed E-state index contributed by atoms with van der Waals surface area (Å²) in [6.07, 6.45) is 2.78. The number of halogens is 2. The van der Waals surface area contributed by atoms with Gasteiger partial charge in [-0.05, 0) is 42.0 Å². The van der Waals surface area contributed by atoms with Crippen LogP contribution in [0.5, 0.6) is 5.75 Å². The lowest BCUT2D eigenvalue weighted by atomic mass is 10.1. The standard InChI is InChI=1S/C28H27N5O3S2.2ClH/c1-38(34,35)14-13-29-16-27-33-26(18-37-27)21-7-12-25-24(15-21)28(31-19-30-25)32-22-8-10-23(11-9-22)36-17-20-5-3-2-4-6-20;;/h2-12,15,18-19,29H,13-14,16-17H2,1H3,(H,30,31,32);2*1H. The summed E-state index contributed by atoms with van der Waals surface area (Å²) < 4.78 is 28.5. The molecule has 5 rings (SSSR count). The van der Waals surface area contributed by atoms with Gasteiger partial charge in [0.15, 0.2) is 0 Å². The summed E-state index contributed by atoms with van der Waals surface area (Å²) in [6, 6.07) is 23.8. The molecule has 0 aliphatic carbocycles. The predicted molar refractivity (Wildman–Crippen MR) is 167 cm³/mol. The highest BCUT2D eigenvalue weighted by Crippen LogP contribution is 2.30. The van der Waals surface area contributed by atoms with Gasteiger partial charge in [-0.3, -0.25) is 0 Å². The molecule has 5 aromatic rings. The fraction of sp³-hybridized carbons (Fsp3) is 0.179. The van der Waals surface area contributed by atoms with Crippen molar-refractivity contribution in [1.29, 1.82) is 0 Å². The van der Waals surface area contributed by atoms with Crippen LogP contribution in [0.25, 0.3) is 22.2 Å². The maximum Gasteiger partial charge on any atom is 0.148 e. The van der Waals surface area contributed by atoms with Crippen molar-refractivity contribution in [3.8, 4) is 17.0 Å². The summed E-state index contributed by atoms with van der Waals surface area (Å²) in [7, 11) is -2.98. The van der Waals surface area contributed by atoms with E-state index in [1.54, 1.807) is 6.33 Å². The largest absolute Gasteiger partial charge is 0.489 e. The van der Waals surface area contributed by atoms with Crippen molar-refractivity contribution in [1.82, 2.24) is 20.3 Å². The average molecular weight is 619 g/mol. The Balaban J connectivity index is 0.00000220. The van der Waals surface area contributed by atoms with Gasteiger partial charge in [0.25, 0.3) is 0 Å². The van der Waals surface area contributed by atoms with Crippen LogP contribution in [0.1, 0.15) is 10.6 Å². The third-order valence-corrected chi connectivity index (χ3v) is 7.57. The molecule has 8 nitrogen and oxygen atoms in total. The molecule has 0 amide bonds. The van der Waals surface area contributed by atoms with Gasteiger partial charge in [0.05, 0.1) is 17.0 Å². The Morgan fingerprint density at radius 2 is 1.73 bits per heavy atom. The Bertz CT molecular complexity index is 1630. The van der Waals surface area contributed by atoms with Crippen LogP contribution in [0.3, 0.4) is 0 Å². The zero-order valence-corrected chi connectivity index (χ0v) is 24.9. The van der Waals surface area contributed by atoms with Gasteiger partial charge in [0.1, 0.15) is 39.3 Å². The molecule has 12 heteroatoms. The van der Waals surface area contributed by atoms with E-state index < -0.39 is 9.84 Å². The van der Waals surface area contributed by atoms with E-state index in [4.69, 9.17) is 9.72 Å². The van der Waals surface area contributed by atoms with Gasteiger partial charge in [0.2, 0.25) is 0 Å². The quantitative estimate of drug-likeness (QED) is 0.172. The molecule has 0 saturated carbocycles. The SMILES string of the molecule is CS(=O)(=O)CCNCc1nc(-c2ccc3ncnc(Nc4ccc(OCc5ccccc5)cc4)c3c2)cs1.Cl.Cl. The number of nitrogens with one attached hydrogen (secondary N) is 2. The molecular weight excluding hydrogens is 589 g/mol. The van der Waals surface area contributed by atoms with Gasteiger partial charge < -0.3 is 15.4 Å². The van der Waals surface area contributed by atoms with E-state index in [1.165, 1.54) is 17.6 Å². The smallest absolute Gasteiger partial charge is 0.148 e. The van der Waals surface area contributed by atoms with Gasteiger partial charge in [-0.15, -0.1) is 36.2 Å². The highest BCUT2D eigenvalue weighted by atomic mass is 35.5. The van der Waals surface area contributed by atoms with E-state index >= 15 is 0 Å². The Morgan fingerprint density at radius 1 is 0.950 bits per heavy atom. The number of nitrogens with zero attached hydrogens (tertiary/aromatic N) is 3. The summed E-state index contributed by atoms with van der Waals surface area (Å²) in [6.45, 7) is 1.44. The third-order valence-electron chi connectivity index (χ3n) is 5.77. The van der Waals surface area contributed by atoms with Crippen LogP contribution in [0.4, 0.5) is 11.5 Å². The number of aromatic nitrogens is 3. The minimum Gasteiger partial charge on any atom is -0.489 e. The first-order valence-corrected chi connectivity index (χ1v) is 15.0. The molecule has 2 heterocycles. The normalized spacial score (nSPS) is 10.9. The maximum absolute atomic E-state index is 11.3. The fourth-order valence-electron chi connectivity index (χ4n) is 3.81. The summed E-state index contributed by atoms with van der Waals surface area (Å²) >= 11 is 1.54. The average Bonchev–Trinajstić information content (AvgIpc) is 3.40. The molecule has 0 radical (unpaired) electrons. The van der Waals surface area contributed by atoms with E-state index in [0.717, 1.165) is 44.2 Å². The molecule has 2 N–H and O–H groups in total. The molecule has 3 aromatic carbocycles. The fourth-order valence-corrected chi connectivity index (χ4v) is 5.09. The number of sulfone groups is 1. The van der Waals surface area contributed by atoms with Gasteiger partial charge in [-0.1, -0.05) is 36.4 Å². The summed E-state index contributed by atoms with van der Waals surface area (Å²) in [5, 5.41) is 10.3. The van der Waals surface area contributed by atoms with E-state index in [1.807, 2.05) is 78.2 Å². The lowest BCUT2D eigenvalue weighted by molar-refractivity contribution is 0.306. The molecule has 0 bridgehead atoms. The molecule has 0 aliphatic rings. The first kappa shape index (κ1) is 31.3. The van der Waals surface area contributed by atoms with E-state index in [2.05, 4.69) is 20.6 Å². The number of hydrogen-bond acceptors (Lipinski definition) is 9. The lowest BCUT2D eigenvalue weighted by Gasteiger charge is -2.11. The molecule has 0 unspecified atom stereocenters. The molecule has 0 spiro atoms. The molecule has 40 heavy (non-hydrogen) atoms. The number of hydrogen-bond donors (Lipinski definition) is 2. The lowest BCUT2D eigenvalue weighted by Crippen LogP contribution is -2.21. The number of thiazole rings is 1. The van der Waals surface area contributed by atoms with Gasteiger partial charge in [0, 0.05) is 41.4 Å². The minimum absolute atomic E-state index is 0. The van der Waals surface area contributed by atoms with Crippen LogP contribution in [0, 0.1) is 0 Å². The highest BCUT2D eigenvalue weighted by Gasteiger charge is 2.10. The number of ether oxygens (including phenoxy) is 1. The Labute approximate surface area is 250 Å². The van der Waals surface area contributed by atoms with E-state index in [0.29, 0.717) is 25.5 Å². The van der Waals surface area contributed by atoms with Gasteiger partial charge in [-0.25, -0.2) is 23.4 Å². The maximum atomic E-state index is 11.3. The summed E-state index contributed by atoms with van der Waals surface area (Å²) in [4.78, 5) is 13.6. The van der Waals surface area contributed by atoms with Crippen molar-refractivity contribution in [3.05, 3.63) is 95.1 Å². The first-order chi connectivity index (χ1) is 18.4. The van der Waals surface area contributed by atoms with Gasteiger partial charge in [-0.2, -0.15) is 0 Å². The van der Waals surface area contributed by atoms with Crippen molar-refractivity contribution < 1.29 is 13.2 Å². The third kappa shape index (κ3) is 8.61. The van der Waals surface area contributed by atoms with Crippen LogP contribution >= 0.6 is 36.2 Å². The predicted octanol–water partition coefficient (Wildman–Crippen LogP) is 6.05. The first-order valence-electron chi connectivity index (χ1n) is 12.0. The van der Waals surface area contributed by atoms with E-state index in [-0.39, 0.29) is 30.6 Å². The number of fused-ring (bicyclic) bond motifs is 1. The Morgan fingerprint density at radius 3 is 2.48 bits per heavy atom. The number of benzene rings is 3. The highest BCUT2D eigenvalue weighted by molar-refractivity contribution is 7.90. The Hall–Kier alpha value is -3.28. The van der Waals surface area contributed by atoms with Crippen molar-refractivity contribution in [2.24, 2.45) is 0 Å². The Kier molecular flexibility index (Phi) is 11.2. The molecule has 0 atom stereocenters. The van der Waals surface area contributed by atoms with Crippen molar-refractivity contribution in [2.75, 3.05) is 23.9 Å². The van der Waals surface area contributed by atoms with Crippen LogP contribution in [0.15, 0.2) is 84.5 Å². The van der Waals surface area contributed by atoms with Crippen LogP contribution in [0.2, 0.25) is 0 Å². The molecule has 0 fully saturated rings. The summed E-state index contributed by atoms with van der Waals surface area (Å²) in [5.74, 6) is 1.60. The van der Waals surface area contributed by atoms with Crippen molar-refractivity contribution in [3.63, 3.8) is 0 Å². The second-order valence-corrected chi connectivity index (χ2v) is 12.0. The van der Waals surface area contributed by atoms with Crippen LogP contribution in [-0.2, 0) is 23.0 Å². The molecule has 2 aromatic heterocycles. The van der Waals surface area contributed by atoms with Crippen LogP contribution in [-0.4, -0.2) is 41.9 Å². The second kappa shape index (κ2) is 14.4. The zero-order chi connectivity index (χ0) is 26.4. The van der Waals surface area contributed by atoms with Gasteiger partial charge >= 0.3 is 0 Å². The molecule has 210 valence electrons. The van der Waals surface area contributed by atoms with E-state index in [9.17, 15) is 8.42 Å². The van der Waals surface area contributed by atoms with Crippen molar-refractivity contribution >= 4 is 68.4 Å². The topological polar surface area (TPSA) is 106 Å². The monoisotopic (exact) mass is 617 g/mol. The summed E-state index contributed by atoms with van der Waals surface area (Å²) in [5.41, 5.74) is 4.64. The zero-order valence-electron chi connectivity index (χ0n) is 21.6. The molecule has 0 aliphatic heterocycles. The number of rotatable bonds is 11. The van der Waals surface area contributed by atoms with Crippen molar-refractivity contribution in [2.45, 2.75) is 13.2 Å². The molecule has 0 saturated heterocycles. The molecular formula is C28H29Cl2N5O3S2. The minimum atomic E-state index is -2.98. The van der Waals surface area contributed by atoms with Crippen LogP contribution < -0.4 is 15.4 Å².